The molecule has 0 radical (unpaired) electrons. The van der Waals surface area contributed by atoms with Crippen LogP contribution in [0.3, 0.4) is 0 Å². The van der Waals surface area contributed by atoms with Gasteiger partial charge in [0.25, 0.3) is 5.95 Å². The highest BCUT2D eigenvalue weighted by Gasteiger charge is 2.60. The Balaban J connectivity index is 1.70. The molecule has 1 atom stereocenters. The van der Waals surface area contributed by atoms with E-state index in [1.165, 1.54) is 12.3 Å². The monoisotopic (exact) mass is 501 g/mol. The van der Waals surface area contributed by atoms with Crippen LogP contribution in [-0.4, -0.2) is 50.8 Å². The summed E-state index contributed by atoms with van der Waals surface area (Å²) in [6.07, 6.45) is -0.846. The molecule has 1 aliphatic heterocycles. The third-order valence-electron chi connectivity index (χ3n) is 5.10. The van der Waals surface area contributed by atoms with Gasteiger partial charge in [-0.1, -0.05) is 11.6 Å². The SMILES string of the molecule is C[C@@]1(C(F)(F)F)CN(C(=O)Nc2cnc(N/N=C\C=N)c(Cl)c2)c2cnc3c(F)c(F)nn3c21. The van der Waals surface area contributed by atoms with Crippen molar-refractivity contribution in [1.29, 1.82) is 5.41 Å². The third-order valence-corrected chi connectivity index (χ3v) is 5.39. The van der Waals surface area contributed by atoms with Crippen LogP contribution in [0.25, 0.3) is 5.65 Å². The van der Waals surface area contributed by atoms with Gasteiger partial charge in [-0.25, -0.2) is 19.3 Å². The Morgan fingerprint density at radius 2 is 2.06 bits per heavy atom. The summed E-state index contributed by atoms with van der Waals surface area (Å²) in [6.45, 7) is -0.107. The second kappa shape index (κ2) is 8.16. The Kier molecular flexibility index (Phi) is 5.59. The molecular formula is C18H13ClF5N9O. The van der Waals surface area contributed by atoms with Crippen molar-refractivity contribution in [1.82, 2.24) is 19.6 Å². The zero-order valence-electron chi connectivity index (χ0n) is 17.0. The largest absolute Gasteiger partial charge is 0.401 e. The van der Waals surface area contributed by atoms with Gasteiger partial charge < -0.3 is 10.7 Å². The molecule has 0 bridgehead atoms. The highest BCUT2D eigenvalue weighted by Crippen LogP contribution is 2.50. The first-order valence-electron chi connectivity index (χ1n) is 9.30. The summed E-state index contributed by atoms with van der Waals surface area (Å²) in [5.41, 5.74) is -1.90. The van der Waals surface area contributed by atoms with Crippen molar-refractivity contribution in [3.05, 3.63) is 40.9 Å². The van der Waals surface area contributed by atoms with E-state index < -0.39 is 47.3 Å². The van der Waals surface area contributed by atoms with E-state index in [1.807, 2.05) is 0 Å². The number of alkyl halides is 3. The number of carbonyl (C=O) groups excluding carboxylic acids is 1. The van der Waals surface area contributed by atoms with E-state index in [2.05, 4.69) is 30.9 Å². The predicted octanol–water partition coefficient (Wildman–Crippen LogP) is 3.98. The summed E-state index contributed by atoms with van der Waals surface area (Å²) in [7, 11) is 0. The molecule has 0 saturated heterocycles. The number of urea groups is 1. The number of anilines is 3. The van der Waals surface area contributed by atoms with Gasteiger partial charge in [-0.3, -0.25) is 10.3 Å². The van der Waals surface area contributed by atoms with Gasteiger partial charge in [0.1, 0.15) is 5.41 Å². The van der Waals surface area contributed by atoms with Gasteiger partial charge in [-0.05, 0) is 13.0 Å². The van der Waals surface area contributed by atoms with Gasteiger partial charge in [0.2, 0.25) is 5.82 Å². The molecule has 4 rings (SSSR count). The molecule has 3 aromatic heterocycles. The molecule has 16 heteroatoms. The van der Waals surface area contributed by atoms with E-state index in [9.17, 15) is 26.7 Å². The summed E-state index contributed by atoms with van der Waals surface area (Å²) in [5.74, 6) is -3.02. The van der Waals surface area contributed by atoms with Crippen LogP contribution in [0.4, 0.5) is 43.9 Å². The van der Waals surface area contributed by atoms with E-state index >= 15 is 0 Å². The number of aromatic nitrogens is 4. The maximum absolute atomic E-state index is 14.1. The molecule has 34 heavy (non-hydrogen) atoms. The van der Waals surface area contributed by atoms with Crippen molar-refractivity contribution in [2.24, 2.45) is 5.10 Å². The number of nitrogens with one attached hydrogen (secondary N) is 3. The Labute approximate surface area is 191 Å². The number of nitrogens with zero attached hydrogens (tertiary/aromatic N) is 6. The van der Waals surface area contributed by atoms with Crippen molar-refractivity contribution in [3.8, 4) is 0 Å². The molecule has 10 nitrogen and oxygen atoms in total. The number of fused-ring (bicyclic) bond motifs is 3. The Bertz CT molecular complexity index is 1340. The second-order valence-corrected chi connectivity index (χ2v) is 7.70. The molecule has 3 N–H and O–H groups in total. The smallest absolute Gasteiger partial charge is 0.307 e. The number of carbonyl (C=O) groups is 1. The molecule has 178 valence electrons. The van der Waals surface area contributed by atoms with Crippen molar-refractivity contribution in [2.75, 3.05) is 22.2 Å². The van der Waals surface area contributed by atoms with Crippen molar-refractivity contribution in [3.63, 3.8) is 0 Å². The summed E-state index contributed by atoms with van der Waals surface area (Å²) < 4.78 is 70.3. The predicted molar refractivity (Wildman–Crippen MR) is 113 cm³/mol. The van der Waals surface area contributed by atoms with Crippen LogP contribution in [0, 0.1) is 17.2 Å². The van der Waals surface area contributed by atoms with Crippen LogP contribution >= 0.6 is 11.6 Å². The van der Waals surface area contributed by atoms with Crippen LogP contribution in [0.15, 0.2) is 23.6 Å². The fraction of sp³-hybridized carbons (Fsp3) is 0.222. The summed E-state index contributed by atoms with van der Waals surface area (Å²) in [4.78, 5) is 21.2. The van der Waals surface area contributed by atoms with E-state index in [0.717, 1.165) is 30.4 Å². The molecule has 0 aliphatic carbocycles. The summed E-state index contributed by atoms with van der Waals surface area (Å²) >= 11 is 6.06. The molecule has 0 fully saturated rings. The number of hydrogen-bond acceptors (Lipinski definition) is 7. The highest BCUT2D eigenvalue weighted by atomic mass is 35.5. The van der Waals surface area contributed by atoms with Crippen molar-refractivity contribution in [2.45, 2.75) is 18.5 Å². The normalized spacial score (nSPS) is 17.9. The summed E-state index contributed by atoms with van der Waals surface area (Å²) in [6, 6.07) is 0.276. The fourth-order valence-corrected chi connectivity index (χ4v) is 3.64. The number of rotatable bonds is 4. The number of hydrogen-bond donors (Lipinski definition) is 3. The van der Waals surface area contributed by atoms with E-state index in [1.54, 1.807) is 0 Å². The minimum atomic E-state index is -4.90. The second-order valence-electron chi connectivity index (χ2n) is 7.29. The standard InChI is InChI=1S/C18H13ClF5N9O/c1-17(18(22,23)24)7-32(10-6-27-15-11(20)13(21)31-33(15)12(10)17)16(34)29-8-4-9(19)14(26-5-8)30-28-3-2-25/h2-6,25H,7H2,1H3,(H,26,30)(H,29,34)/b25-2?,28-3-/t17-/m1/s1. The Morgan fingerprint density at radius 1 is 1.32 bits per heavy atom. The average molecular weight is 502 g/mol. The molecule has 1 aliphatic rings. The van der Waals surface area contributed by atoms with Gasteiger partial charge in [-0.2, -0.15) is 27.1 Å². The van der Waals surface area contributed by atoms with Crippen LogP contribution in [0.2, 0.25) is 5.02 Å². The number of halogens is 6. The molecule has 0 aromatic carbocycles. The Morgan fingerprint density at radius 3 is 2.71 bits per heavy atom. The topological polar surface area (TPSA) is 124 Å². The Hall–Kier alpha value is -3.88. The summed E-state index contributed by atoms with van der Waals surface area (Å²) in [5, 5.41) is 16.1. The zero-order chi connectivity index (χ0) is 24.8. The van der Waals surface area contributed by atoms with Gasteiger partial charge in [0.15, 0.2) is 11.5 Å². The molecular weight excluding hydrogens is 489 g/mol. The fourth-order valence-electron chi connectivity index (χ4n) is 3.43. The number of amides is 2. The van der Waals surface area contributed by atoms with Crippen LogP contribution < -0.4 is 15.6 Å². The lowest BCUT2D eigenvalue weighted by molar-refractivity contribution is -0.181. The van der Waals surface area contributed by atoms with Gasteiger partial charge in [0, 0.05) is 12.8 Å². The molecule has 0 spiro atoms. The molecule has 3 aromatic rings. The maximum atomic E-state index is 14.1. The highest BCUT2D eigenvalue weighted by molar-refractivity contribution is 6.33. The third kappa shape index (κ3) is 3.67. The van der Waals surface area contributed by atoms with Crippen LogP contribution in [-0.2, 0) is 5.41 Å². The maximum Gasteiger partial charge on any atom is 0.401 e. The van der Waals surface area contributed by atoms with Gasteiger partial charge in [0.05, 0.1) is 40.7 Å². The number of hydrazone groups is 1. The first kappa shape index (κ1) is 23.3. The van der Waals surface area contributed by atoms with Crippen molar-refractivity contribution >= 4 is 52.9 Å². The molecule has 4 heterocycles. The molecule has 2 amide bonds. The van der Waals surface area contributed by atoms with E-state index in [-0.39, 0.29) is 22.2 Å². The van der Waals surface area contributed by atoms with E-state index in [4.69, 9.17) is 17.0 Å². The molecule has 0 saturated carbocycles. The zero-order valence-corrected chi connectivity index (χ0v) is 17.7. The lowest BCUT2D eigenvalue weighted by Crippen LogP contribution is -2.46. The minimum absolute atomic E-state index is 0.0211. The first-order valence-corrected chi connectivity index (χ1v) is 9.68. The van der Waals surface area contributed by atoms with Gasteiger partial charge >= 0.3 is 12.2 Å². The van der Waals surface area contributed by atoms with Gasteiger partial charge in [-0.15, -0.1) is 5.10 Å². The lowest BCUT2D eigenvalue weighted by atomic mass is 9.87. The van der Waals surface area contributed by atoms with Crippen LogP contribution in [0.5, 0.6) is 0 Å². The minimum Gasteiger partial charge on any atom is -0.307 e. The molecule has 0 unspecified atom stereocenters. The quantitative estimate of drug-likeness (QED) is 0.283. The van der Waals surface area contributed by atoms with Crippen LogP contribution in [0.1, 0.15) is 12.6 Å². The van der Waals surface area contributed by atoms with E-state index in [0.29, 0.717) is 4.52 Å². The van der Waals surface area contributed by atoms with Crippen molar-refractivity contribution < 1.29 is 26.7 Å². The number of pyridine rings is 1. The average Bonchev–Trinajstić information content (AvgIpc) is 3.24. The lowest BCUT2D eigenvalue weighted by Gasteiger charge is -2.28. The first-order chi connectivity index (χ1) is 16.0.